The molecule has 1 N–H and O–H groups in total. The van der Waals surface area contributed by atoms with Gasteiger partial charge < -0.3 is 10.2 Å². The monoisotopic (exact) mass is 352 g/mol. The average molecular weight is 353 g/mol. The van der Waals surface area contributed by atoms with E-state index in [1.165, 1.54) is 0 Å². The number of anilines is 3. The lowest BCUT2D eigenvalue weighted by atomic mass is 10.2. The van der Waals surface area contributed by atoms with E-state index in [2.05, 4.69) is 15.3 Å². The van der Waals surface area contributed by atoms with Gasteiger partial charge in [0.25, 0.3) is 0 Å². The highest BCUT2D eigenvalue weighted by Crippen LogP contribution is 2.23. The molecule has 1 atom stereocenters. The minimum Gasteiger partial charge on any atom is -0.355 e. The summed E-state index contributed by atoms with van der Waals surface area (Å²) in [5.74, 6) is 1.56. The zero-order valence-corrected chi connectivity index (χ0v) is 14.2. The van der Waals surface area contributed by atoms with Gasteiger partial charge in [0.1, 0.15) is 5.82 Å². The molecule has 0 aliphatic carbocycles. The van der Waals surface area contributed by atoms with E-state index in [4.69, 9.17) is 11.6 Å². The molecule has 1 aromatic heterocycles. The Labute approximate surface area is 140 Å². The van der Waals surface area contributed by atoms with E-state index < -0.39 is 9.84 Å². The van der Waals surface area contributed by atoms with Crippen LogP contribution in [-0.4, -0.2) is 43.0 Å². The maximum Gasteiger partial charge on any atom is 0.229 e. The number of hydrogen-bond donors (Lipinski definition) is 1. The normalized spacial score (nSPS) is 19.5. The van der Waals surface area contributed by atoms with Crippen LogP contribution in [0.1, 0.15) is 6.42 Å². The van der Waals surface area contributed by atoms with Crippen molar-refractivity contribution in [1.82, 2.24) is 9.97 Å². The first-order chi connectivity index (χ1) is 10.9. The first kappa shape index (κ1) is 16.0. The van der Waals surface area contributed by atoms with E-state index in [0.29, 0.717) is 23.2 Å². The second-order valence-corrected chi connectivity index (χ2v) is 8.20. The first-order valence-electron chi connectivity index (χ1n) is 7.22. The standard InChI is InChI=1S/C15H17ClN4O2S/c1-20(13-7-9-23(21,22)10-13)14-6-8-17-15(19-14)18-12-4-2-11(16)3-5-12/h2-6,8,13H,7,9-10H2,1H3,(H,17,18,19). The van der Waals surface area contributed by atoms with Gasteiger partial charge in [-0.2, -0.15) is 4.98 Å². The van der Waals surface area contributed by atoms with Gasteiger partial charge >= 0.3 is 0 Å². The van der Waals surface area contributed by atoms with Gasteiger partial charge in [-0.15, -0.1) is 0 Å². The lowest BCUT2D eigenvalue weighted by molar-refractivity contribution is 0.600. The molecule has 1 aliphatic rings. The van der Waals surface area contributed by atoms with Crippen molar-refractivity contribution in [2.45, 2.75) is 12.5 Å². The third-order valence-electron chi connectivity index (χ3n) is 3.86. The van der Waals surface area contributed by atoms with Gasteiger partial charge in [-0.25, -0.2) is 13.4 Å². The maximum absolute atomic E-state index is 11.6. The van der Waals surface area contributed by atoms with Crippen molar-refractivity contribution in [3.8, 4) is 0 Å². The molecule has 1 aromatic carbocycles. The fourth-order valence-electron chi connectivity index (χ4n) is 2.54. The van der Waals surface area contributed by atoms with Gasteiger partial charge in [0.15, 0.2) is 9.84 Å². The molecule has 3 rings (SSSR count). The van der Waals surface area contributed by atoms with Crippen molar-refractivity contribution in [2.75, 3.05) is 28.8 Å². The van der Waals surface area contributed by atoms with Gasteiger partial charge in [0.05, 0.1) is 11.5 Å². The summed E-state index contributed by atoms with van der Waals surface area (Å²) in [7, 11) is -1.06. The van der Waals surface area contributed by atoms with Crippen molar-refractivity contribution in [3.05, 3.63) is 41.6 Å². The summed E-state index contributed by atoms with van der Waals surface area (Å²) in [4.78, 5) is 10.6. The molecule has 0 amide bonds. The Morgan fingerprint density at radius 2 is 2.00 bits per heavy atom. The number of aromatic nitrogens is 2. The SMILES string of the molecule is CN(c1ccnc(Nc2ccc(Cl)cc2)n1)C1CCS(=O)(=O)C1. The Balaban J connectivity index is 1.75. The van der Waals surface area contributed by atoms with Crippen LogP contribution in [0.15, 0.2) is 36.5 Å². The van der Waals surface area contributed by atoms with E-state index in [1.54, 1.807) is 24.4 Å². The van der Waals surface area contributed by atoms with Crippen LogP contribution in [0.5, 0.6) is 0 Å². The zero-order chi connectivity index (χ0) is 16.4. The lowest BCUT2D eigenvalue weighted by Gasteiger charge is -2.24. The highest BCUT2D eigenvalue weighted by Gasteiger charge is 2.31. The average Bonchev–Trinajstić information content (AvgIpc) is 2.89. The predicted molar refractivity (Wildman–Crippen MR) is 92.2 cm³/mol. The van der Waals surface area contributed by atoms with Crippen molar-refractivity contribution in [1.29, 1.82) is 0 Å². The third-order valence-corrected chi connectivity index (χ3v) is 5.86. The summed E-state index contributed by atoms with van der Waals surface area (Å²) in [5.41, 5.74) is 0.831. The second-order valence-electron chi connectivity index (χ2n) is 5.54. The van der Waals surface area contributed by atoms with Crippen LogP contribution in [0.4, 0.5) is 17.5 Å². The molecule has 0 saturated carbocycles. The molecule has 0 bridgehead atoms. The summed E-state index contributed by atoms with van der Waals surface area (Å²) in [6.45, 7) is 0. The molecular formula is C15H17ClN4O2S. The van der Waals surface area contributed by atoms with Gasteiger partial charge in [-0.05, 0) is 36.8 Å². The third kappa shape index (κ3) is 3.92. The van der Waals surface area contributed by atoms with Gasteiger partial charge in [-0.3, -0.25) is 0 Å². The van der Waals surface area contributed by atoms with E-state index in [0.717, 1.165) is 5.69 Å². The van der Waals surface area contributed by atoms with Crippen LogP contribution >= 0.6 is 11.6 Å². The molecular weight excluding hydrogens is 336 g/mol. The highest BCUT2D eigenvalue weighted by atomic mass is 35.5. The van der Waals surface area contributed by atoms with Crippen LogP contribution in [0.3, 0.4) is 0 Å². The number of hydrogen-bond acceptors (Lipinski definition) is 6. The number of nitrogens with one attached hydrogen (secondary N) is 1. The van der Waals surface area contributed by atoms with Crippen molar-refractivity contribution < 1.29 is 8.42 Å². The Hall–Kier alpha value is -1.86. The number of sulfone groups is 1. The number of rotatable bonds is 4. The molecule has 2 aromatic rings. The van der Waals surface area contributed by atoms with Crippen LogP contribution in [0, 0.1) is 0 Å². The molecule has 8 heteroatoms. The smallest absolute Gasteiger partial charge is 0.229 e. The molecule has 6 nitrogen and oxygen atoms in total. The van der Waals surface area contributed by atoms with Crippen LogP contribution in [0.2, 0.25) is 5.02 Å². The Bertz CT molecular complexity index is 795. The summed E-state index contributed by atoms with van der Waals surface area (Å²) in [6, 6.07) is 8.97. The molecule has 122 valence electrons. The summed E-state index contributed by atoms with van der Waals surface area (Å²) in [6.07, 6.45) is 2.28. The van der Waals surface area contributed by atoms with Crippen LogP contribution < -0.4 is 10.2 Å². The van der Waals surface area contributed by atoms with Crippen LogP contribution in [0.25, 0.3) is 0 Å². The van der Waals surface area contributed by atoms with E-state index >= 15 is 0 Å². The summed E-state index contributed by atoms with van der Waals surface area (Å²) in [5, 5.41) is 3.77. The first-order valence-corrected chi connectivity index (χ1v) is 9.42. The topological polar surface area (TPSA) is 75.2 Å². The van der Waals surface area contributed by atoms with E-state index in [1.807, 2.05) is 24.1 Å². The Morgan fingerprint density at radius 3 is 2.65 bits per heavy atom. The molecule has 1 fully saturated rings. The largest absolute Gasteiger partial charge is 0.355 e. The number of benzene rings is 1. The van der Waals surface area contributed by atoms with E-state index in [9.17, 15) is 8.42 Å². The zero-order valence-electron chi connectivity index (χ0n) is 12.6. The molecule has 23 heavy (non-hydrogen) atoms. The van der Waals surface area contributed by atoms with Crippen molar-refractivity contribution >= 4 is 38.9 Å². The summed E-state index contributed by atoms with van der Waals surface area (Å²) >= 11 is 5.86. The summed E-state index contributed by atoms with van der Waals surface area (Å²) < 4.78 is 23.3. The molecule has 1 unspecified atom stereocenters. The van der Waals surface area contributed by atoms with Crippen LogP contribution in [-0.2, 0) is 9.84 Å². The predicted octanol–water partition coefficient (Wildman–Crippen LogP) is 2.50. The second kappa shape index (κ2) is 6.33. The van der Waals surface area contributed by atoms with Gasteiger partial charge in [0, 0.05) is 30.0 Å². The number of nitrogens with zero attached hydrogens (tertiary/aromatic N) is 3. The molecule has 1 aliphatic heterocycles. The fourth-order valence-corrected chi connectivity index (χ4v) is 4.44. The minimum absolute atomic E-state index is 0.0433. The lowest BCUT2D eigenvalue weighted by Crippen LogP contribution is -2.33. The Kier molecular flexibility index (Phi) is 4.41. The van der Waals surface area contributed by atoms with Gasteiger partial charge in [0.2, 0.25) is 5.95 Å². The highest BCUT2D eigenvalue weighted by molar-refractivity contribution is 7.91. The number of halogens is 1. The molecule has 0 radical (unpaired) electrons. The minimum atomic E-state index is -2.92. The quantitative estimate of drug-likeness (QED) is 0.911. The van der Waals surface area contributed by atoms with E-state index in [-0.39, 0.29) is 17.5 Å². The van der Waals surface area contributed by atoms with Crippen molar-refractivity contribution in [2.24, 2.45) is 0 Å². The fraction of sp³-hybridized carbons (Fsp3) is 0.333. The molecule has 0 spiro atoms. The maximum atomic E-state index is 11.6. The molecule has 2 heterocycles. The van der Waals surface area contributed by atoms with Gasteiger partial charge in [-0.1, -0.05) is 11.6 Å². The Morgan fingerprint density at radius 1 is 1.26 bits per heavy atom. The molecule has 1 saturated heterocycles. The van der Waals surface area contributed by atoms with Crippen molar-refractivity contribution in [3.63, 3.8) is 0 Å².